The number of rotatable bonds is 6. The lowest BCUT2D eigenvalue weighted by Crippen LogP contribution is -2.73. The molecule has 2 unspecified atom stereocenters. The molecular formula is C13H25F3N2O. The molecule has 1 aliphatic carbocycles. The average Bonchev–Trinajstić information content (AvgIpc) is 2.25. The Labute approximate surface area is 113 Å². The molecule has 1 fully saturated rings. The maximum atomic E-state index is 12.2. The Kier molecular flexibility index (Phi) is 4.91. The van der Waals surface area contributed by atoms with E-state index in [2.05, 4.69) is 0 Å². The minimum Gasteiger partial charge on any atom is -0.378 e. The highest BCUT2D eigenvalue weighted by molar-refractivity contribution is 5.14. The summed E-state index contributed by atoms with van der Waals surface area (Å²) in [4.78, 5) is 1.66. The van der Waals surface area contributed by atoms with Crippen molar-refractivity contribution in [3.05, 3.63) is 0 Å². The van der Waals surface area contributed by atoms with Crippen LogP contribution in [-0.4, -0.2) is 49.5 Å². The van der Waals surface area contributed by atoms with Crippen LogP contribution in [0.25, 0.3) is 0 Å². The topological polar surface area (TPSA) is 38.5 Å². The van der Waals surface area contributed by atoms with E-state index in [1.807, 2.05) is 20.8 Å². The summed E-state index contributed by atoms with van der Waals surface area (Å²) in [5, 5.41) is 0. The second-order valence-electron chi connectivity index (χ2n) is 6.13. The van der Waals surface area contributed by atoms with Crippen LogP contribution >= 0.6 is 0 Å². The second kappa shape index (κ2) is 5.58. The molecule has 0 radical (unpaired) electrons. The molecule has 2 atom stereocenters. The fourth-order valence-electron chi connectivity index (χ4n) is 2.65. The molecule has 0 bridgehead atoms. The first-order chi connectivity index (χ1) is 8.52. The van der Waals surface area contributed by atoms with Crippen LogP contribution in [0.4, 0.5) is 13.2 Å². The third-order valence-electron chi connectivity index (χ3n) is 4.33. The Morgan fingerprint density at radius 1 is 1.37 bits per heavy atom. The highest BCUT2D eigenvalue weighted by Gasteiger charge is 2.58. The molecule has 1 rings (SSSR count). The molecule has 0 aliphatic heterocycles. The van der Waals surface area contributed by atoms with Gasteiger partial charge < -0.3 is 15.4 Å². The molecule has 3 nitrogen and oxygen atoms in total. The Balaban J connectivity index is 2.48. The molecule has 0 aromatic rings. The predicted molar refractivity (Wildman–Crippen MR) is 68.9 cm³/mol. The minimum absolute atomic E-state index is 0.0160. The lowest BCUT2D eigenvalue weighted by atomic mass is 9.54. The van der Waals surface area contributed by atoms with E-state index >= 15 is 0 Å². The lowest BCUT2D eigenvalue weighted by Gasteiger charge is -2.60. The van der Waals surface area contributed by atoms with E-state index in [4.69, 9.17) is 10.5 Å². The van der Waals surface area contributed by atoms with Crippen LogP contribution < -0.4 is 5.73 Å². The van der Waals surface area contributed by atoms with Crippen molar-refractivity contribution in [1.29, 1.82) is 0 Å². The van der Waals surface area contributed by atoms with Crippen molar-refractivity contribution in [1.82, 2.24) is 4.90 Å². The van der Waals surface area contributed by atoms with Crippen molar-refractivity contribution in [2.75, 3.05) is 26.7 Å². The smallest absolute Gasteiger partial charge is 0.378 e. The van der Waals surface area contributed by atoms with Gasteiger partial charge in [0.1, 0.15) is 0 Å². The molecule has 6 heteroatoms. The van der Waals surface area contributed by atoms with Crippen LogP contribution in [0.5, 0.6) is 0 Å². The highest BCUT2D eigenvalue weighted by atomic mass is 19.4. The van der Waals surface area contributed by atoms with Gasteiger partial charge in [0, 0.05) is 30.7 Å². The third kappa shape index (κ3) is 3.83. The maximum absolute atomic E-state index is 12.2. The van der Waals surface area contributed by atoms with E-state index in [1.54, 1.807) is 11.9 Å². The average molecular weight is 282 g/mol. The number of ether oxygens (including phenoxy) is 1. The molecule has 1 aliphatic rings. The number of nitrogens with two attached hydrogens (primary N) is 1. The van der Waals surface area contributed by atoms with Gasteiger partial charge in [-0.3, -0.25) is 0 Å². The first kappa shape index (κ1) is 16.7. The fourth-order valence-corrected chi connectivity index (χ4v) is 2.65. The molecule has 0 heterocycles. The van der Waals surface area contributed by atoms with Crippen molar-refractivity contribution in [2.45, 2.75) is 51.4 Å². The number of hydrogen-bond donors (Lipinski definition) is 1. The fraction of sp³-hybridized carbons (Fsp3) is 1.00. The van der Waals surface area contributed by atoms with Crippen LogP contribution in [0.3, 0.4) is 0 Å². The van der Waals surface area contributed by atoms with E-state index in [1.165, 1.54) is 0 Å². The van der Waals surface area contributed by atoms with E-state index in [0.717, 1.165) is 0 Å². The van der Waals surface area contributed by atoms with E-state index in [0.29, 0.717) is 19.6 Å². The number of nitrogens with zero attached hydrogens (tertiary/aromatic N) is 1. The summed E-state index contributed by atoms with van der Waals surface area (Å²) in [6.07, 6.45) is -4.11. The van der Waals surface area contributed by atoms with Crippen molar-refractivity contribution in [3.8, 4) is 0 Å². The van der Waals surface area contributed by atoms with E-state index in [-0.39, 0.29) is 18.1 Å². The van der Waals surface area contributed by atoms with Gasteiger partial charge in [0.2, 0.25) is 0 Å². The summed E-state index contributed by atoms with van der Waals surface area (Å²) in [5.41, 5.74) is 5.65. The Hall–Kier alpha value is -0.330. The summed E-state index contributed by atoms with van der Waals surface area (Å²) < 4.78 is 42.1. The second-order valence-corrected chi connectivity index (χ2v) is 6.13. The van der Waals surface area contributed by atoms with Gasteiger partial charge >= 0.3 is 6.18 Å². The zero-order valence-electron chi connectivity index (χ0n) is 12.2. The van der Waals surface area contributed by atoms with Crippen LogP contribution in [0.2, 0.25) is 0 Å². The molecule has 0 amide bonds. The Bertz CT molecular complexity index is 307. The summed E-state index contributed by atoms with van der Waals surface area (Å²) >= 11 is 0. The molecule has 0 aromatic carbocycles. The summed E-state index contributed by atoms with van der Waals surface area (Å²) in [5.74, 6) is 0. The molecular weight excluding hydrogens is 257 g/mol. The van der Waals surface area contributed by atoms with Crippen LogP contribution in [0, 0.1) is 5.41 Å². The number of halogens is 3. The van der Waals surface area contributed by atoms with Gasteiger partial charge in [-0.2, -0.15) is 13.2 Å². The van der Waals surface area contributed by atoms with Gasteiger partial charge in [0.25, 0.3) is 0 Å². The minimum atomic E-state index is -4.11. The first-order valence-corrected chi connectivity index (χ1v) is 6.67. The SMILES string of the molecule is CCOC1CC(N)(CN(C)CCC(F)(F)F)C1(C)C. The van der Waals surface area contributed by atoms with Crippen LogP contribution in [-0.2, 0) is 4.74 Å². The van der Waals surface area contributed by atoms with E-state index < -0.39 is 18.1 Å². The van der Waals surface area contributed by atoms with Crippen molar-refractivity contribution in [3.63, 3.8) is 0 Å². The van der Waals surface area contributed by atoms with E-state index in [9.17, 15) is 13.2 Å². The molecule has 19 heavy (non-hydrogen) atoms. The normalized spacial score (nSPS) is 30.5. The number of likely N-dealkylation sites (N-methyl/N-ethyl adjacent to an activating group) is 1. The lowest BCUT2D eigenvalue weighted by molar-refractivity contribution is -0.160. The zero-order valence-corrected chi connectivity index (χ0v) is 12.2. The monoisotopic (exact) mass is 282 g/mol. The van der Waals surface area contributed by atoms with Gasteiger partial charge in [-0.25, -0.2) is 0 Å². The molecule has 0 spiro atoms. The third-order valence-corrected chi connectivity index (χ3v) is 4.33. The quantitative estimate of drug-likeness (QED) is 0.813. The molecule has 114 valence electrons. The highest BCUT2D eigenvalue weighted by Crippen LogP contribution is 2.49. The van der Waals surface area contributed by atoms with Crippen LogP contribution in [0.1, 0.15) is 33.6 Å². The number of hydrogen-bond acceptors (Lipinski definition) is 3. The largest absolute Gasteiger partial charge is 0.390 e. The van der Waals surface area contributed by atoms with Crippen molar-refractivity contribution in [2.24, 2.45) is 11.1 Å². The summed E-state index contributed by atoms with van der Waals surface area (Å²) in [6.45, 7) is 7.05. The summed E-state index contributed by atoms with van der Waals surface area (Å²) in [6, 6.07) is 0. The number of alkyl halides is 3. The molecule has 2 N–H and O–H groups in total. The van der Waals surface area contributed by atoms with Gasteiger partial charge in [-0.05, 0) is 20.4 Å². The molecule has 0 saturated heterocycles. The van der Waals surface area contributed by atoms with Gasteiger partial charge in [-0.15, -0.1) is 0 Å². The Morgan fingerprint density at radius 3 is 2.37 bits per heavy atom. The predicted octanol–water partition coefficient (Wildman–Crippen LogP) is 2.40. The van der Waals surface area contributed by atoms with Gasteiger partial charge in [0.05, 0.1) is 12.5 Å². The molecule has 0 aromatic heterocycles. The first-order valence-electron chi connectivity index (χ1n) is 6.67. The van der Waals surface area contributed by atoms with Crippen LogP contribution in [0.15, 0.2) is 0 Å². The molecule has 1 saturated carbocycles. The van der Waals surface area contributed by atoms with Crippen molar-refractivity contribution >= 4 is 0 Å². The van der Waals surface area contributed by atoms with Gasteiger partial charge in [-0.1, -0.05) is 13.8 Å². The van der Waals surface area contributed by atoms with Crippen molar-refractivity contribution < 1.29 is 17.9 Å². The van der Waals surface area contributed by atoms with Gasteiger partial charge in [0.15, 0.2) is 0 Å². The Morgan fingerprint density at radius 2 is 1.95 bits per heavy atom. The standard InChI is InChI=1S/C13H25F3N2O/c1-5-19-10-8-12(17,11(10,2)3)9-18(4)7-6-13(14,15)16/h10H,5-9,17H2,1-4H3. The summed E-state index contributed by atoms with van der Waals surface area (Å²) in [7, 11) is 1.68. The maximum Gasteiger partial charge on any atom is 0.390 e. The zero-order chi connectivity index (χ0) is 14.9.